The molecule has 3 heteroatoms. The highest BCUT2D eigenvalue weighted by atomic mass is 32.2. The minimum atomic E-state index is 0.389. The van der Waals surface area contributed by atoms with Gasteiger partial charge in [0.1, 0.15) is 0 Å². The lowest BCUT2D eigenvalue weighted by molar-refractivity contribution is 0.0756. The molecule has 0 saturated carbocycles. The first kappa shape index (κ1) is 20.6. The molecule has 112 valence electrons. The number of nitrogens with zero attached hydrogens (tertiary/aromatic N) is 1. The van der Waals surface area contributed by atoms with Crippen LogP contribution in [-0.2, 0) is 4.74 Å². The highest BCUT2D eigenvalue weighted by molar-refractivity contribution is 7.96. The summed E-state index contributed by atoms with van der Waals surface area (Å²) in [6.07, 6.45) is 6.96. The summed E-state index contributed by atoms with van der Waals surface area (Å²) in [4.78, 5) is 0. The van der Waals surface area contributed by atoms with E-state index in [1.807, 2.05) is 25.8 Å². The molecule has 0 fully saturated rings. The van der Waals surface area contributed by atoms with Crippen molar-refractivity contribution in [2.24, 2.45) is 0 Å². The van der Waals surface area contributed by atoms with Crippen molar-refractivity contribution in [1.29, 1.82) is 0 Å². The fourth-order valence-corrected chi connectivity index (χ4v) is 2.27. The Kier molecular flexibility index (Phi) is 19.8. The van der Waals surface area contributed by atoms with Crippen LogP contribution in [0.15, 0.2) is 0 Å². The van der Waals surface area contributed by atoms with Crippen LogP contribution in [0.1, 0.15) is 66.7 Å². The first-order valence-electron chi connectivity index (χ1n) is 7.62. The Morgan fingerprint density at radius 3 is 2.11 bits per heavy atom. The lowest BCUT2D eigenvalue weighted by atomic mass is 10.1. The van der Waals surface area contributed by atoms with Crippen molar-refractivity contribution in [2.75, 3.05) is 26.0 Å². The van der Waals surface area contributed by atoms with Gasteiger partial charge in [0.05, 0.1) is 6.10 Å². The Balaban J connectivity index is 0. The van der Waals surface area contributed by atoms with E-state index in [9.17, 15) is 0 Å². The zero-order valence-electron chi connectivity index (χ0n) is 13.5. The van der Waals surface area contributed by atoms with Gasteiger partial charge in [0, 0.05) is 18.9 Å². The van der Waals surface area contributed by atoms with Gasteiger partial charge in [-0.25, -0.2) is 0 Å². The molecule has 0 N–H and O–H groups in total. The molecule has 2 nitrogen and oxygen atoms in total. The van der Waals surface area contributed by atoms with E-state index < -0.39 is 0 Å². The van der Waals surface area contributed by atoms with E-state index >= 15 is 0 Å². The van der Waals surface area contributed by atoms with Gasteiger partial charge < -0.3 is 4.74 Å². The molecule has 0 atom stereocenters. The number of rotatable bonds is 11. The third-order valence-electron chi connectivity index (χ3n) is 2.42. The van der Waals surface area contributed by atoms with E-state index in [1.165, 1.54) is 44.4 Å². The third kappa shape index (κ3) is 18.6. The Morgan fingerprint density at radius 2 is 1.56 bits per heavy atom. The summed E-state index contributed by atoms with van der Waals surface area (Å²) in [6, 6.07) is 0. The van der Waals surface area contributed by atoms with Crippen LogP contribution < -0.4 is 0 Å². The molecule has 0 radical (unpaired) electrons. The predicted octanol–water partition coefficient (Wildman–Crippen LogP) is 4.99. The summed E-state index contributed by atoms with van der Waals surface area (Å²) in [5, 5.41) is 0. The number of hydrogen-bond donors (Lipinski definition) is 0. The molecule has 0 heterocycles. The van der Waals surface area contributed by atoms with Gasteiger partial charge in [0.25, 0.3) is 0 Å². The summed E-state index contributed by atoms with van der Waals surface area (Å²) in [6.45, 7) is 12.6. The smallest absolute Gasteiger partial charge is 0.0518 e. The van der Waals surface area contributed by atoms with E-state index in [1.54, 1.807) is 0 Å². The van der Waals surface area contributed by atoms with E-state index in [4.69, 9.17) is 4.74 Å². The van der Waals surface area contributed by atoms with Crippen molar-refractivity contribution < 1.29 is 4.74 Å². The van der Waals surface area contributed by atoms with Gasteiger partial charge in [-0.15, -0.1) is 0 Å². The summed E-state index contributed by atoms with van der Waals surface area (Å²) < 4.78 is 7.86. The predicted molar refractivity (Wildman–Crippen MR) is 86.3 cm³/mol. The number of hydrogen-bond acceptors (Lipinski definition) is 3. The van der Waals surface area contributed by atoms with Crippen molar-refractivity contribution in [3.8, 4) is 0 Å². The number of ether oxygens (including phenoxy) is 1. The molecule has 0 aliphatic carbocycles. The Morgan fingerprint density at radius 1 is 1.00 bits per heavy atom. The number of unbranched alkanes of at least 4 members (excludes halogenated alkanes) is 4. The molecule has 0 amide bonds. The maximum Gasteiger partial charge on any atom is 0.0518 e. The topological polar surface area (TPSA) is 12.5 Å². The molecule has 0 aliphatic rings. The van der Waals surface area contributed by atoms with Crippen LogP contribution in [0, 0.1) is 0 Å². The second-order valence-electron chi connectivity index (χ2n) is 4.46. The normalized spacial score (nSPS) is 10.7. The summed E-state index contributed by atoms with van der Waals surface area (Å²) in [5.41, 5.74) is 0. The second-order valence-corrected chi connectivity index (χ2v) is 5.92. The van der Waals surface area contributed by atoms with E-state index in [2.05, 4.69) is 32.1 Å². The molecular formula is C15H35NOS. The van der Waals surface area contributed by atoms with Gasteiger partial charge in [0.2, 0.25) is 0 Å². The maximum absolute atomic E-state index is 5.51. The lowest BCUT2D eigenvalue weighted by Gasteiger charge is -2.13. The van der Waals surface area contributed by atoms with Crippen molar-refractivity contribution in [3.05, 3.63) is 0 Å². The molecule has 0 aromatic rings. The van der Waals surface area contributed by atoms with Gasteiger partial charge in [-0.2, -0.15) is 0 Å². The van der Waals surface area contributed by atoms with Gasteiger partial charge in [-0.3, -0.25) is 4.31 Å². The van der Waals surface area contributed by atoms with Crippen molar-refractivity contribution in [3.63, 3.8) is 0 Å². The van der Waals surface area contributed by atoms with Gasteiger partial charge in [-0.1, -0.05) is 52.0 Å². The minimum Gasteiger partial charge on any atom is -0.379 e. The first-order valence-corrected chi connectivity index (χ1v) is 8.56. The standard InChI is InChI=1S/C13H29NOS.C2H6/c1-5-16-14(4)11-9-7-6-8-10-12-15-13(2)3;1-2/h13H,5-12H2,1-4H3;1-2H3. The molecule has 0 saturated heterocycles. The Hall–Kier alpha value is 0.270. The first-order chi connectivity index (χ1) is 8.66. The third-order valence-corrected chi connectivity index (χ3v) is 3.30. The van der Waals surface area contributed by atoms with Crippen LogP contribution in [0.2, 0.25) is 0 Å². The quantitative estimate of drug-likeness (QED) is 0.390. The van der Waals surface area contributed by atoms with Crippen LogP contribution >= 0.6 is 11.9 Å². The molecule has 0 spiro atoms. The van der Waals surface area contributed by atoms with E-state index in [-0.39, 0.29) is 0 Å². The average molecular weight is 278 g/mol. The summed E-state index contributed by atoms with van der Waals surface area (Å²) in [5.74, 6) is 1.18. The SMILES string of the molecule is CC.CCSN(C)CCCCCCCOC(C)C. The van der Waals surface area contributed by atoms with Crippen LogP contribution in [0.3, 0.4) is 0 Å². The van der Waals surface area contributed by atoms with Gasteiger partial charge >= 0.3 is 0 Å². The summed E-state index contributed by atoms with van der Waals surface area (Å²) >= 11 is 1.92. The summed E-state index contributed by atoms with van der Waals surface area (Å²) in [7, 11) is 2.19. The largest absolute Gasteiger partial charge is 0.379 e. The average Bonchev–Trinajstić information content (AvgIpc) is 2.35. The molecule has 0 aromatic carbocycles. The highest BCUT2D eigenvalue weighted by Gasteiger charge is 1.97. The zero-order chi connectivity index (χ0) is 14.2. The Bertz CT molecular complexity index is 142. The van der Waals surface area contributed by atoms with E-state index in [0.29, 0.717) is 6.10 Å². The fraction of sp³-hybridized carbons (Fsp3) is 1.00. The van der Waals surface area contributed by atoms with Crippen LogP contribution in [0.25, 0.3) is 0 Å². The molecular weight excluding hydrogens is 242 g/mol. The second kappa shape index (κ2) is 17.3. The molecule has 0 unspecified atom stereocenters. The molecule has 0 bridgehead atoms. The van der Waals surface area contributed by atoms with Crippen LogP contribution in [0.5, 0.6) is 0 Å². The van der Waals surface area contributed by atoms with Crippen LogP contribution in [-0.4, -0.2) is 36.4 Å². The monoisotopic (exact) mass is 277 g/mol. The molecule has 0 aromatic heterocycles. The Labute approximate surface area is 120 Å². The van der Waals surface area contributed by atoms with Crippen molar-refractivity contribution in [1.82, 2.24) is 4.31 Å². The minimum absolute atomic E-state index is 0.389. The van der Waals surface area contributed by atoms with Gasteiger partial charge in [-0.05, 0) is 33.7 Å². The van der Waals surface area contributed by atoms with Crippen LogP contribution in [0.4, 0.5) is 0 Å². The molecule has 0 rings (SSSR count). The maximum atomic E-state index is 5.51. The van der Waals surface area contributed by atoms with Crippen molar-refractivity contribution >= 4 is 11.9 Å². The fourth-order valence-electron chi connectivity index (χ4n) is 1.57. The zero-order valence-corrected chi connectivity index (χ0v) is 14.3. The van der Waals surface area contributed by atoms with Gasteiger partial charge in [0.15, 0.2) is 0 Å². The molecule has 0 aliphatic heterocycles. The van der Waals surface area contributed by atoms with Crippen molar-refractivity contribution in [2.45, 2.75) is 72.8 Å². The lowest BCUT2D eigenvalue weighted by Crippen LogP contribution is -2.10. The molecule has 18 heavy (non-hydrogen) atoms. The van der Waals surface area contributed by atoms with E-state index in [0.717, 1.165) is 6.61 Å². The highest BCUT2D eigenvalue weighted by Crippen LogP contribution is 2.09.